The molecule has 1 aliphatic carbocycles. The van der Waals surface area contributed by atoms with Gasteiger partial charge in [0.05, 0.1) is 30.3 Å². The Morgan fingerprint density at radius 1 is 1.24 bits per heavy atom. The number of methoxy groups -OCH3 is 1. The fraction of sp³-hybridized carbons (Fsp3) is 0.238. The molecular weight excluding hydrogens is 368 g/mol. The van der Waals surface area contributed by atoms with Gasteiger partial charge in [0.25, 0.3) is 0 Å². The summed E-state index contributed by atoms with van der Waals surface area (Å²) in [5.74, 6) is 1.21. The van der Waals surface area contributed by atoms with Crippen molar-refractivity contribution < 1.29 is 9.84 Å². The number of nitrogen functional groups attached to an aromatic ring is 1. The van der Waals surface area contributed by atoms with Gasteiger partial charge in [-0.25, -0.2) is 15.0 Å². The zero-order chi connectivity index (χ0) is 20.5. The summed E-state index contributed by atoms with van der Waals surface area (Å²) in [6, 6.07) is 7.31. The summed E-state index contributed by atoms with van der Waals surface area (Å²) in [6.07, 6.45) is 6.18. The number of aromatic nitrogens is 4. The number of pyridine rings is 2. The molecule has 4 rings (SSSR count). The number of aliphatic hydroxyl groups excluding tert-OH is 1. The van der Waals surface area contributed by atoms with Crippen LogP contribution in [0.3, 0.4) is 0 Å². The second kappa shape index (κ2) is 7.37. The van der Waals surface area contributed by atoms with Crippen LogP contribution in [0.5, 0.6) is 5.75 Å². The average Bonchev–Trinajstić information content (AvgIpc) is 3.35. The highest BCUT2D eigenvalue weighted by Crippen LogP contribution is 2.34. The topological polar surface area (TPSA) is 123 Å². The van der Waals surface area contributed by atoms with Crippen LogP contribution >= 0.6 is 0 Å². The van der Waals surface area contributed by atoms with Crippen LogP contribution in [0, 0.1) is 11.3 Å². The van der Waals surface area contributed by atoms with Gasteiger partial charge in [0, 0.05) is 31.6 Å². The molecule has 0 bridgehead atoms. The molecule has 0 amide bonds. The second-order valence-corrected chi connectivity index (χ2v) is 6.87. The molecule has 3 aromatic heterocycles. The number of nitrogens with zero attached hydrogens (tertiary/aromatic N) is 5. The molecule has 0 radical (unpaired) electrons. The van der Waals surface area contributed by atoms with Gasteiger partial charge in [0.15, 0.2) is 5.82 Å². The molecule has 0 aromatic carbocycles. The third kappa shape index (κ3) is 3.44. The van der Waals surface area contributed by atoms with Crippen LogP contribution in [0.15, 0.2) is 36.7 Å². The maximum atomic E-state index is 9.84. The predicted octanol–water partition coefficient (Wildman–Crippen LogP) is 2.54. The summed E-state index contributed by atoms with van der Waals surface area (Å²) < 4.78 is 7.27. The average molecular weight is 388 g/mol. The summed E-state index contributed by atoms with van der Waals surface area (Å²) >= 11 is 0. The van der Waals surface area contributed by atoms with Crippen molar-refractivity contribution in [3.05, 3.63) is 47.9 Å². The van der Waals surface area contributed by atoms with Crippen LogP contribution in [0.4, 0.5) is 5.69 Å². The van der Waals surface area contributed by atoms with Gasteiger partial charge in [0.1, 0.15) is 28.8 Å². The maximum Gasteiger partial charge on any atom is 0.158 e. The number of nitriles is 1. The highest BCUT2D eigenvalue weighted by Gasteiger charge is 2.21. The number of allylic oxidation sites excluding steroid dienone is 1. The Balaban J connectivity index is 1.92. The zero-order valence-corrected chi connectivity index (χ0v) is 16.1. The molecule has 1 unspecified atom stereocenters. The molecule has 0 saturated heterocycles. The van der Waals surface area contributed by atoms with Gasteiger partial charge in [-0.2, -0.15) is 5.26 Å². The van der Waals surface area contributed by atoms with E-state index in [1.807, 2.05) is 23.9 Å². The molecule has 1 aliphatic rings. The summed E-state index contributed by atoms with van der Waals surface area (Å²) in [6.45, 7) is 0. The first kappa shape index (κ1) is 18.7. The maximum absolute atomic E-state index is 9.84. The lowest BCUT2D eigenvalue weighted by atomic mass is 10.1. The number of aryl methyl sites for hydroxylation is 1. The van der Waals surface area contributed by atoms with Gasteiger partial charge >= 0.3 is 0 Å². The quantitative estimate of drug-likeness (QED) is 0.704. The van der Waals surface area contributed by atoms with Crippen LogP contribution in [0.25, 0.3) is 28.5 Å². The highest BCUT2D eigenvalue weighted by atomic mass is 16.5. The van der Waals surface area contributed by atoms with E-state index in [9.17, 15) is 10.4 Å². The molecule has 8 nitrogen and oxygen atoms in total. The third-order valence-corrected chi connectivity index (χ3v) is 4.92. The molecule has 0 saturated carbocycles. The molecule has 8 heteroatoms. The smallest absolute Gasteiger partial charge is 0.158 e. The van der Waals surface area contributed by atoms with Gasteiger partial charge in [-0.05, 0) is 24.5 Å². The van der Waals surface area contributed by atoms with E-state index in [1.165, 1.54) is 0 Å². The number of ether oxygens (including phenoxy) is 1. The molecule has 3 heterocycles. The van der Waals surface area contributed by atoms with Gasteiger partial charge < -0.3 is 20.1 Å². The Morgan fingerprint density at radius 2 is 2.03 bits per heavy atom. The molecule has 29 heavy (non-hydrogen) atoms. The normalized spacial score (nSPS) is 15.8. The molecular formula is C21H20N6O2. The van der Waals surface area contributed by atoms with Crippen molar-refractivity contribution in [1.82, 2.24) is 19.5 Å². The van der Waals surface area contributed by atoms with Gasteiger partial charge in [0.2, 0.25) is 0 Å². The van der Waals surface area contributed by atoms with Crippen molar-refractivity contribution in [3.8, 4) is 34.7 Å². The third-order valence-electron chi connectivity index (χ3n) is 4.92. The summed E-state index contributed by atoms with van der Waals surface area (Å²) in [4.78, 5) is 13.7. The lowest BCUT2D eigenvalue weighted by Gasteiger charge is -2.12. The van der Waals surface area contributed by atoms with Crippen molar-refractivity contribution in [3.63, 3.8) is 0 Å². The van der Waals surface area contributed by atoms with E-state index in [2.05, 4.69) is 16.0 Å². The number of hydrogen-bond donors (Lipinski definition) is 2. The van der Waals surface area contributed by atoms with E-state index in [4.69, 9.17) is 15.5 Å². The van der Waals surface area contributed by atoms with Crippen LogP contribution in [-0.4, -0.2) is 37.8 Å². The Bertz CT molecular complexity index is 1160. The molecule has 146 valence electrons. The Morgan fingerprint density at radius 3 is 2.66 bits per heavy atom. The minimum absolute atomic E-state index is 0.245. The largest absolute Gasteiger partial charge is 0.497 e. The summed E-state index contributed by atoms with van der Waals surface area (Å²) in [5, 5.41) is 19.5. The number of imidazole rings is 1. The molecule has 1 atom stereocenters. The van der Waals surface area contributed by atoms with Crippen LogP contribution in [-0.2, 0) is 7.05 Å². The van der Waals surface area contributed by atoms with E-state index in [0.717, 1.165) is 12.0 Å². The van der Waals surface area contributed by atoms with Gasteiger partial charge in [-0.15, -0.1) is 0 Å². The molecule has 0 fully saturated rings. The highest BCUT2D eigenvalue weighted by molar-refractivity contribution is 5.78. The second-order valence-electron chi connectivity index (χ2n) is 6.87. The van der Waals surface area contributed by atoms with Crippen molar-refractivity contribution in [2.75, 3.05) is 12.8 Å². The molecule has 0 spiro atoms. The first-order chi connectivity index (χ1) is 14.0. The lowest BCUT2D eigenvalue weighted by molar-refractivity contribution is 0.223. The number of nitrogens with two attached hydrogens (primary N) is 1. The van der Waals surface area contributed by atoms with Gasteiger partial charge in [-0.3, -0.25) is 0 Å². The molecule has 3 N–H and O–H groups in total. The molecule has 3 aromatic rings. The van der Waals surface area contributed by atoms with Gasteiger partial charge in [-0.1, -0.05) is 6.08 Å². The van der Waals surface area contributed by atoms with E-state index < -0.39 is 6.10 Å². The number of rotatable bonds is 4. The number of hydrogen-bond acceptors (Lipinski definition) is 7. The van der Waals surface area contributed by atoms with E-state index in [1.54, 1.807) is 31.5 Å². The summed E-state index contributed by atoms with van der Waals surface area (Å²) in [5.41, 5.74) is 9.72. The van der Waals surface area contributed by atoms with Crippen molar-refractivity contribution in [1.29, 1.82) is 5.26 Å². The fourth-order valence-electron chi connectivity index (χ4n) is 3.42. The first-order valence-electron chi connectivity index (χ1n) is 9.14. The van der Waals surface area contributed by atoms with Crippen LogP contribution in [0.1, 0.15) is 24.1 Å². The monoisotopic (exact) mass is 388 g/mol. The summed E-state index contributed by atoms with van der Waals surface area (Å²) in [7, 11) is 3.43. The van der Waals surface area contributed by atoms with Crippen molar-refractivity contribution >= 4 is 11.3 Å². The van der Waals surface area contributed by atoms with E-state index in [0.29, 0.717) is 46.5 Å². The SMILES string of the molecule is COc1cc(C2=CC(O)CC2)nc(-c2nc(-c3nccn3C)cc(N)c2C#N)c1. The van der Waals surface area contributed by atoms with Crippen molar-refractivity contribution in [2.45, 2.75) is 18.9 Å². The van der Waals surface area contributed by atoms with Crippen molar-refractivity contribution in [2.24, 2.45) is 7.05 Å². The first-order valence-corrected chi connectivity index (χ1v) is 9.14. The zero-order valence-electron chi connectivity index (χ0n) is 16.1. The predicted molar refractivity (Wildman–Crippen MR) is 109 cm³/mol. The Kier molecular flexibility index (Phi) is 4.74. The lowest BCUT2D eigenvalue weighted by Crippen LogP contribution is -2.03. The number of anilines is 1. The minimum Gasteiger partial charge on any atom is -0.497 e. The minimum atomic E-state index is -0.475. The Labute approximate surface area is 167 Å². The molecule has 0 aliphatic heterocycles. The van der Waals surface area contributed by atoms with E-state index in [-0.39, 0.29) is 5.56 Å². The van der Waals surface area contributed by atoms with Crippen LogP contribution in [0.2, 0.25) is 0 Å². The van der Waals surface area contributed by atoms with Crippen LogP contribution < -0.4 is 10.5 Å². The number of aliphatic hydroxyl groups is 1. The fourth-order valence-corrected chi connectivity index (χ4v) is 3.42. The van der Waals surface area contributed by atoms with E-state index >= 15 is 0 Å². The standard InChI is InChI=1S/C21H20N6O2/c1-27-6-5-24-21(27)19-10-16(23)15(11-22)20(26-19)18-9-14(29-2)8-17(25-18)12-3-4-13(28)7-12/h5-10,13,28H,3-4H2,1-2H3,(H2,23,26). The Hall–Kier alpha value is -3.70.